The normalized spacial score (nSPS) is 16.0. The van der Waals surface area contributed by atoms with Crippen molar-refractivity contribution >= 4 is 23.5 Å². The van der Waals surface area contributed by atoms with E-state index >= 15 is 0 Å². The molecule has 2 rings (SSSR count). The molecule has 10 nitrogen and oxygen atoms in total. The fraction of sp³-hybridized carbons (Fsp3) is 0.654. The van der Waals surface area contributed by atoms with Gasteiger partial charge < -0.3 is 20.9 Å². The van der Waals surface area contributed by atoms with E-state index in [2.05, 4.69) is 16.0 Å². The molecule has 200 valence electrons. The van der Waals surface area contributed by atoms with E-state index < -0.39 is 28.5 Å². The summed E-state index contributed by atoms with van der Waals surface area (Å²) in [5, 5.41) is 19.6. The van der Waals surface area contributed by atoms with Crippen molar-refractivity contribution < 1.29 is 19.3 Å². The summed E-state index contributed by atoms with van der Waals surface area (Å²) in [7, 11) is 0. The van der Waals surface area contributed by atoms with Crippen molar-refractivity contribution in [3.63, 3.8) is 0 Å². The van der Waals surface area contributed by atoms with Gasteiger partial charge in [-0.05, 0) is 51.5 Å². The fourth-order valence-corrected chi connectivity index (χ4v) is 4.14. The summed E-state index contributed by atoms with van der Waals surface area (Å²) in [5.74, 6) is -0.652. The number of urea groups is 1. The molecule has 1 aromatic carbocycles. The first kappa shape index (κ1) is 29.1. The highest BCUT2D eigenvalue weighted by Gasteiger charge is 2.30. The van der Waals surface area contributed by atoms with E-state index in [1.54, 1.807) is 17.0 Å². The SMILES string of the molecule is CC(C)CC(NC(=O)N1CCCCCC1)C(=O)NC(Cc1ccc([N+](=O)[O-])cc1)C(=O)NC(C)(C)C. The van der Waals surface area contributed by atoms with Crippen LogP contribution in [0.5, 0.6) is 0 Å². The molecule has 2 unspecified atom stereocenters. The highest BCUT2D eigenvalue weighted by molar-refractivity contribution is 5.92. The summed E-state index contributed by atoms with van der Waals surface area (Å²) in [6, 6.07) is 3.94. The Labute approximate surface area is 213 Å². The molecule has 1 heterocycles. The second-order valence-electron chi connectivity index (χ2n) is 11.0. The largest absolute Gasteiger partial charge is 0.350 e. The van der Waals surface area contributed by atoms with Gasteiger partial charge in [0.05, 0.1) is 4.92 Å². The van der Waals surface area contributed by atoms with Gasteiger partial charge >= 0.3 is 6.03 Å². The van der Waals surface area contributed by atoms with E-state index in [9.17, 15) is 24.5 Å². The number of hydrogen-bond donors (Lipinski definition) is 3. The molecule has 2 atom stereocenters. The molecule has 0 aliphatic carbocycles. The highest BCUT2D eigenvalue weighted by atomic mass is 16.6. The van der Waals surface area contributed by atoms with Crippen LogP contribution in [0.15, 0.2) is 24.3 Å². The van der Waals surface area contributed by atoms with Gasteiger partial charge in [0.2, 0.25) is 11.8 Å². The molecule has 1 aliphatic heterocycles. The predicted octanol–water partition coefficient (Wildman–Crippen LogP) is 3.54. The van der Waals surface area contributed by atoms with Gasteiger partial charge in [-0.1, -0.05) is 38.8 Å². The smallest absolute Gasteiger partial charge is 0.318 e. The summed E-state index contributed by atoms with van der Waals surface area (Å²) >= 11 is 0. The number of carbonyl (C=O) groups excluding carboxylic acids is 3. The first-order valence-electron chi connectivity index (χ1n) is 12.8. The Morgan fingerprint density at radius 1 is 0.944 bits per heavy atom. The van der Waals surface area contributed by atoms with Crippen LogP contribution in [0, 0.1) is 16.0 Å². The molecule has 1 saturated heterocycles. The van der Waals surface area contributed by atoms with E-state index in [1.165, 1.54) is 12.1 Å². The molecular weight excluding hydrogens is 462 g/mol. The van der Waals surface area contributed by atoms with Crippen LogP contribution in [-0.4, -0.2) is 58.4 Å². The van der Waals surface area contributed by atoms with Crippen LogP contribution in [0.25, 0.3) is 0 Å². The van der Waals surface area contributed by atoms with Crippen molar-refractivity contribution in [2.24, 2.45) is 5.92 Å². The molecule has 4 amide bonds. The Kier molecular flexibility index (Phi) is 10.7. The third kappa shape index (κ3) is 9.83. The lowest BCUT2D eigenvalue weighted by molar-refractivity contribution is -0.384. The van der Waals surface area contributed by atoms with E-state index in [0.29, 0.717) is 25.1 Å². The molecule has 0 radical (unpaired) electrons. The van der Waals surface area contributed by atoms with Gasteiger partial charge in [-0.25, -0.2) is 4.79 Å². The number of nitro groups is 1. The summed E-state index contributed by atoms with van der Waals surface area (Å²) in [4.78, 5) is 51.6. The molecule has 3 N–H and O–H groups in total. The maximum atomic E-state index is 13.4. The number of likely N-dealkylation sites (tertiary alicyclic amines) is 1. The lowest BCUT2D eigenvalue weighted by atomic mass is 10.00. The molecular formula is C26H41N5O5. The first-order valence-corrected chi connectivity index (χ1v) is 12.8. The monoisotopic (exact) mass is 503 g/mol. The van der Waals surface area contributed by atoms with Gasteiger partial charge in [0.25, 0.3) is 5.69 Å². The zero-order chi connectivity index (χ0) is 26.9. The molecule has 0 bridgehead atoms. The van der Waals surface area contributed by atoms with Crippen LogP contribution in [-0.2, 0) is 16.0 Å². The molecule has 0 saturated carbocycles. The number of nitro benzene ring substituents is 1. The molecule has 10 heteroatoms. The van der Waals surface area contributed by atoms with Crippen molar-refractivity contribution in [3.05, 3.63) is 39.9 Å². The van der Waals surface area contributed by atoms with Gasteiger partial charge in [0, 0.05) is 37.2 Å². The number of carbonyl (C=O) groups is 3. The van der Waals surface area contributed by atoms with Crippen molar-refractivity contribution in [3.8, 4) is 0 Å². The van der Waals surface area contributed by atoms with Gasteiger partial charge in [0.15, 0.2) is 0 Å². The number of nitrogens with zero attached hydrogens (tertiary/aromatic N) is 2. The van der Waals surface area contributed by atoms with E-state index in [0.717, 1.165) is 25.7 Å². The summed E-state index contributed by atoms with van der Waals surface area (Å²) in [6.45, 7) is 10.8. The number of rotatable bonds is 9. The Morgan fingerprint density at radius 2 is 1.53 bits per heavy atom. The minimum Gasteiger partial charge on any atom is -0.350 e. The molecule has 36 heavy (non-hydrogen) atoms. The number of nitrogens with one attached hydrogen (secondary N) is 3. The van der Waals surface area contributed by atoms with Crippen LogP contribution >= 0.6 is 0 Å². The predicted molar refractivity (Wildman–Crippen MR) is 138 cm³/mol. The lowest BCUT2D eigenvalue weighted by Crippen LogP contribution is -2.58. The van der Waals surface area contributed by atoms with Crippen molar-refractivity contribution in [1.29, 1.82) is 0 Å². The second kappa shape index (κ2) is 13.2. The zero-order valence-corrected chi connectivity index (χ0v) is 22.1. The maximum absolute atomic E-state index is 13.4. The summed E-state index contributed by atoms with van der Waals surface area (Å²) < 4.78 is 0. The fourth-order valence-electron chi connectivity index (χ4n) is 4.14. The standard InChI is InChI=1S/C26H41N5O5/c1-18(2)16-21(28-25(34)30-14-8-6-7-9-15-30)23(32)27-22(24(33)29-26(3,4)5)17-19-10-12-20(13-11-19)31(35)36/h10-13,18,21-22H,6-9,14-17H2,1-5H3,(H,27,32)(H,28,34)(H,29,33). The number of benzene rings is 1. The quantitative estimate of drug-likeness (QED) is 0.350. The van der Waals surface area contributed by atoms with Gasteiger partial charge in [-0.3, -0.25) is 19.7 Å². The molecule has 0 aromatic heterocycles. The molecule has 1 aromatic rings. The topological polar surface area (TPSA) is 134 Å². The second-order valence-corrected chi connectivity index (χ2v) is 11.0. The number of non-ortho nitro benzene ring substituents is 1. The van der Waals surface area contributed by atoms with Gasteiger partial charge in [-0.15, -0.1) is 0 Å². The Bertz CT molecular complexity index is 902. The van der Waals surface area contributed by atoms with Crippen LogP contribution in [0.2, 0.25) is 0 Å². The molecule has 1 fully saturated rings. The third-order valence-electron chi connectivity index (χ3n) is 5.93. The van der Waals surface area contributed by atoms with Crippen LogP contribution in [0.1, 0.15) is 72.3 Å². The molecule has 0 spiro atoms. The highest BCUT2D eigenvalue weighted by Crippen LogP contribution is 2.15. The van der Waals surface area contributed by atoms with Crippen LogP contribution in [0.3, 0.4) is 0 Å². The van der Waals surface area contributed by atoms with Crippen LogP contribution in [0.4, 0.5) is 10.5 Å². The minimum absolute atomic E-state index is 0.0494. The summed E-state index contributed by atoms with van der Waals surface area (Å²) in [5.41, 5.74) is 0.101. The van der Waals surface area contributed by atoms with Gasteiger partial charge in [-0.2, -0.15) is 0 Å². The van der Waals surface area contributed by atoms with Crippen molar-refractivity contribution in [2.45, 2.75) is 90.8 Å². The Hall–Kier alpha value is -3.17. The summed E-state index contributed by atoms with van der Waals surface area (Å²) in [6.07, 6.45) is 4.65. The van der Waals surface area contributed by atoms with E-state index in [4.69, 9.17) is 0 Å². The van der Waals surface area contributed by atoms with Crippen molar-refractivity contribution in [2.75, 3.05) is 13.1 Å². The van der Waals surface area contributed by atoms with Crippen LogP contribution < -0.4 is 16.0 Å². The van der Waals surface area contributed by atoms with E-state index in [-0.39, 0.29) is 30.0 Å². The minimum atomic E-state index is -0.914. The average Bonchev–Trinajstić information content (AvgIpc) is 3.06. The number of amides is 4. The van der Waals surface area contributed by atoms with Crippen molar-refractivity contribution in [1.82, 2.24) is 20.9 Å². The van der Waals surface area contributed by atoms with E-state index in [1.807, 2.05) is 34.6 Å². The lowest BCUT2D eigenvalue weighted by Gasteiger charge is -2.29. The maximum Gasteiger partial charge on any atom is 0.318 e. The third-order valence-corrected chi connectivity index (χ3v) is 5.93. The Morgan fingerprint density at radius 3 is 2.03 bits per heavy atom. The number of hydrogen-bond acceptors (Lipinski definition) is 5. The van der Waals surface area contributed by atoms with Gasteiger partial charge in [0.1, 0.15) is 12.1 Å². The zero-order valence-electron chi connectivity index (χ0n) is 22.1. The first-order chi connectivity index (χ1) is 16.9. The Balaban J connectivity index is 2.19. The molecule has 1 aliphatic rings. The average molecular weight is 504 g/mol.